The second kappa shape index (κ2) is 10.8. The van der Waals surface area contributed by atoms with Crippen molar-refractivity contribution in [3.63, 3.8) is 0 Å². The van der Waals surface area contributed by atoms with E-state index in [0.29, 0.717) is 30.9 Å². The third-order valence-corrected chi connectivity index (χ3v) is 9.28. The topological polar surface area (TPSA) is 98.5 Å². The van der Waals surface area contributed by atoms with E-state index in [0.717, 1.165) is 23.9 Å². The van der Waals surface area contributed by atoms with Crippen LogP contribution in [0.25, 0.3) is 21.8 Å². The van der Waals surface area contributed by atoms with Crippen LogP contribution in [0.3, 0.4) is 0 Å². The van der Waals surface area contributed by atoms with Crippen molar-refractivity contribution in [3.05, 3.63) is 102 Å². The van der Waals surface area contributed by atoms with Crippen LogP contribution in [0.15, 0.2) is 85.2 Å². The predicted octanol–water partition coefficient (Wildman–Crippen LogP) is 5.79. The highest BCUT2D eigenvalue weighted by Crippen LogP contribution is 2.47. The number of aromatic amines is 2. The van der Waals surface area contributed by atoms with E-state index in [4.69, 9.17) is 4.74 Å². The molecule has 2 saturated heterocycles. The van der Waals surface area contributed by atoms with E-state index >= 15 is 0 Å². The maximum Gasteiger partial charge on any atom is 0.338 e. The first kappa shape index (κ1) is 27.0. The number of H-pyrrole nitrogens is 2. The number of amides is 2. The fraction of sp³-hybridized carbons (Fsp3) is 0.286. The molecule has 2 fully saturated rings. The summed E-state index contributed by atoms with van der Waals surface area (Å²) in [6.07, 6.45) is 5.99. The molecule has 8 heteroatoms. The minimum atomic E-state index is -0.425. The Morgan fingerprint density at radius 2 is 1.51 bits per heavy atom. The van der Waals surface area contributed by atoms with E-state index in [1.54, 1.807) is 36.1 Å². The Kier molecular flexibility index (Phi) is 6.76. The van der Waals surface area contributed by atoms with Gasteiger partial charge in [-0.05, 0) is 61.2 Å². The zero-order valence-corrected chi connectivity index (χ0v) is 24.1. The first-order valence-corrected chi connectivity index (χ1v) is 15.0. The number of likely N-dealkylation sites (tertiary alicyclic amines) is 1. The Labute approximate surface area is 249 Å². The van der Waals surface area contributed by atoms with Gasteiger partial charge in [-0.25, -0.2) is 4.79 Å². The summed E-state index contributed by atoms with van der Waals surface area (Å²) in [5.41, 5.74) is 5.44. The largest absolute Gasteiger partial charge is 0.462 e. The Hall–Kier alpha value is -4.85. The number of carbonyl (C=O) groups is 3. The molecule has 4 heterocycles. The number of piperidine rings is 1. The van der Waals surface area contributed by atoms with Crippen molar-refractivity contribution in [2.24, 2.45) is 5.92 Å². The van der Waals surface area contributed by atoms with Crippen molar-refractivity contribution in [2.45, 2.75) is 31.6 Å². The lowest BCUT2D eigenvalue weighted by molar-refractivity contribution is -0.137. The van der Waals surface area contributed by atoms with Crippen molar-refractivity contribution >= 4 is 45.3 Å². The third-order valence-electron chi connectivity index (χ3n) is 9.28. The van der Waals surface area contributed by atoms with Crippen LogP contribution in [0.4, 0.5) is 5.69 Å². The van der Waals surface area contributed by atoms with Gasteiger partial charge in [-0.3, -0.25) is 9.59 Å². The number of benzene rings is 3. The molecule has 43 heavy (non-hydrogen) atoms. The molecule has 0 bridgehead atoms. The summed E-state index contributed by atoms with van der Waals surface area (Å²) in [5.74, 6) is -0.939. The fourth-order valence-electron chi connectivity index (χ4n) is 7.12. The number of nitrogens with zero attached hydrogens (tertiary/aromatic N) is 2. The smallest absolute Gasteiger partial charge is 0.338 e. The molecule has 2 N–H and O–H groups in total. The van der Waals surface area contributed by atoms with E-state index < -0.39 is 11.9 Å². The van der Waals surface area contributed by atoms with Gasteiger partial charge in [0.15, 0.2) is 0 Å². The second-order valence-electron chi connectivity index (χ2n) is 11.6. The lowest BCUT2D eigenvalue weighted by atomic mass is 9.67. The maximum absolute atomic E-state index is 13.9. The molecule has 0 aliphatic carbocycles. The number of carbonyl (C=O) groups excluding carboxylic acids is 3. The number of aromatic nitrogens is 2. The zero-order valence-electron chi connectivity index (χ0n) is 24.1. The predicted molar refractivity (Wildman–Crippen MR) is 166 cm³/mol. The molecule has 0 saturated carbocycles. The molecule has 0 unspecified atom stereocenters. The highest BCUT2D eigenvalue weighted by atomic mass is 16.5. The van der Waals surface area contributed by atoms with Gasteiger partial charge in [-0.2, -0.15) is 0 Å². The second-order valence-corrected chi connectivity index (χ2v) is 11.6. The summed E-state index contributed by atoms with van der Waals surface area (Å²) < 4.78 is 5.12. The van der Waals surface area contributed by atoms with Crippen molar-refractivity contribution in [1.29, 1.82) is 0 Å². The number of rotatable bonds is 6. The summed E-state index contributed by atoms with van der Waals surface area (Å²) in [7, 11) is 0. The molecule has 5 aromatic rings. The normalized spacial score (nSPS) is 18.4. The number of hydrogen-bond donors (Lipinski definition) is 2. The van der Waals surface area contributed by atoms with Gasteiger partial charge in [0.1, 0.15) is 0 Å². The monoisotopic (exact) mass is 574 g/mol. The Bertz CT molecular complexity index is 1770. The molecule has 0 spiro atoms. The van der Waals surface area contributed by atoms with E-state index in [1.807, 2.05) is 17.0 Å². The molecule has 1 atom stereocenters. The average molecular weight is 575 g/mol. The van der Waals surface area contributed by atoms with Crippen LogP contribution in [-0.4, -0.2) is 58.9 Å². The zero-order chi connectivity index (χ0) is 29.6. The van der Waals surface area contributed by atoms with Gasteiger partial charge in [0.2, 0.25) is 11.8 Å². The van der Waals surface area contributed by atoms with Gasteiger partial charge >= 0.3 is 5.97 Å². The van der Waals surface area contributed by atoms with Crippen LogP contribution < -0.4 is 4.90 Å². The van der Waals surface area contributed by atoms with Crippen molar-refractivity contribution < 1.29 is 19.1 Å². The number of fused-ring (bicyclic) bond motifs is 2. The van der Waals surface area contributed by atoms with E-state index in [1.165, 1.54) is 21.9 Å². The molecule has 0 radical (unpaired) electrons. The summed E-state index contributed by atoms with van der Waals surface area (Å²) >= 11 is 0. The number of hydrogen-bond acceptors (Lipinski definition) is 4. The van der Waals surface area contributed by atoms with Crippen molar-refractivity contribution in [3.8, 4) is 0 Å². The molecule has 7 rings (SSSR count). The van der Waals surface area contributed by atoms with Crippen LogP contribution in [0.1, 0.15) is 47.7 Å². The Balaban J connectivity index is 1.14. The fourth-order valence-corrected chi connectivity index (χ4v) is 7.12. The van der Waals surface area contributed by atoms with Gasteiger partial charge in [0.05, 0.1) is 18.1 Å². The Morgan fingerprint density at radius 3 is 2.14 bits per heavy atom. The van der Waals surface area contributed by atoms with Crippen LogP contribution >= 0.6 is 0 Å². The lowest BCUT2D eigenvalue weighted by Gasteiger charge is -2.43. The maximum atomic E-state index is 13.9. The SMILES string of the molecule is CCOC(=O)c1cccc(N2C[C@H](C(=O)N3CCC(c4c[nH]c5ccccc45)(c4c[nH]c5ccccc45)CC3)CC2=O)c1. The molecular weight excluding hydrogens is 540 g/mol. The molecule has 2 amide bonds. The number of anilines is 1. The van der Waals surface area contributed by atoms with Crippen molar-refractivity contribution in [2.75, 3.05) is 31.1 Å². The van der Waals surface area contributed by atoms with Crippen LogP contribution in [-0.2, 0) is 19.7 Å². The van der Waals surface area contributed by atoms with Crippen LogP contribution in [0.2, 0.25) is 0 Å². The molecule has 2 aromatic heterocycles. The first-order chi connectivity index (χ1) is 21.0. The van der Waals surface area contributed by atoms with Gasteiger partial charge in [-0.15, -0.1) is 0 Å². The molecular formula is C35H34N4O4. The Morgan fingerprint density at radius 1 is 0.884 bits per heavy atom. The quantitative estimate of drug-likeness (QED) is 0.251. The van der Waals surface area contributed by atoms with Gasteiger partial charge in [-0.1, -0.05) is 42.5 Å². The standard InChI is InChI=1S/C35H34N4O4/c1-2-43-34(42)23-8-7-9-25(18-23)39-22-24(19-32(39)40)33(41)38-16-14-35(15-17-38,28-20-36-30-12-5-3-10-26(28)30)29-21-37-31-13-6-4-11-27(29)31/h3-13,18,20-21,24,36-37H,2,14-17,19,22H2,1H3/t24-/m1/s1. The van der Waals surface area contributed by atoms with Gasteiger partial charge in [0.25, 0.3) is 0 Å². The lowest BCUT2D eigenvalue weighted by Crippen LogP contribution is -2.47. The van der Waals surface area contributed by atoms with Crippen LogP contribution in [0, 0.1) is 5.92 Å². The number of para-hydroxylation sites is 2. The minimum Gasteiger partial charge on any atom is -0.462 e. The van der Waals surface area contributed by atoms with Crippen molar-refractivity contribution in [1.82, 2.24) is 14.9 Å². The molecule has 8 nitrogen and oxygen atoms in total. The van der Waals surface area contributed by atoms with E-state index in [9.17, 15) is 14.4 Å². The van der Waals surface area contributed by atoms with Gasteiger partial charge < -0.3 is 24.5 Å². The van der Waals surface area contributed by atoms with Gasteiger partial charge in [0, 0.05) is 71.4 Å². The van der Waals surface area contributed by atoms with E-state index in [-0.39, 0.29) is 30.3 Å². The number of esters is 1. The molecule has 3 aromatic carbocycles. The number of ether oxygens (including phenoxy) is 1. The highest BCUT2D eigenvalue weighted by molar-refractivity contribution is 6.01. The molecule has 2 aliphatic rings. The first-order valence-electron chi connectivity index (χ1n) is 15.0. The summed E-state index contributed by atoms with van der Waals surface area (Å²) in [5, 5.41) is 2.41. The number of nitrogens with one attached hydrogen (secondary N) is 2. The third kappa shape index (κ3) is 4.58. The molecule has 2 aliphatic heterocycles. The highest BCUT2D eigenvalue weighted by Gasteiger charge is 2.44. The minimum absolute atomic E-state index is 0.0175. The molecule has 218 valence electrons. The summed E-state index contributed by atoms with van der Waals surface area (Å²) in [6.45, 7) is 3.53. The summed E-state index contributed by atoms with van der Waals surface area (Å²) in [6, 6.07) is 23.7. The summed E-state index contributed by atoms with van der Waals surface area (Å²) in [4.78, 5) is 49.7. The van der Waals surface area contributed by atoms with E-state index in [2.05, 4.69) is 58.8 Å². The average Bonchev–Trinajstić information content (AvgIpc) is 3.78. The van der Waals surface area contributed by atoms with Crippen LogP contribution in [0.5, 0.6) is 0 Å².